The van der Waals surface area contributed by atoms with Gasteiger partial charge >= 0.3 is 0 Å². The van der Waals surface area contributed by atoms with Gasteiger partial charge in [0, 0.05) is 6.54 Å². The van der Waals surface area contributed by atoms with E-state index in [2.05, 4.69) is 10.6 Å². The topological polar surface area (TPSA) is 91.6 Å². The molecule has 1 aromatic heterocycles. The first-order valence-corrected chi connectivity index (χ1v) is 5.79. The molecule has 0 aliphatic rings. The monoisotopic (exact) mass is 254 g/mol. The summed E-state index contributed by atoms with van der Waals surface area (Å²) in [4.78, 5) is 23.5. The van der Waals surface area contributed by atoms with E-state index < -0.39 is 11.9 Å². The minimum atomic E-state index is -0.658. The molecule has 0 radical (unpaired) electrons. The van der Waals surface area contributed by atoms with Crippen molar-refractivity contribution in [3.05, 3.63) is 24.2 Å². The highest BCUT2D eigenvalue weighted by atomic mass is 16.3. The second kappa shape index (κ2) is 6.80. The zero-order valence-electron chi connectivity index (χ0n) is 10.5. The van der Waals surface area contributed by atoms with Crippen molar-refractivity contribution in [1.29, 1.82) is 0 Å². The second-order valence-electron chi connectivity index (χ2n) is 4.19. The molecule has 3 N–H and O–H groups in total. The fraction of sp³-hybridized carbons (Fsp3) is 0.500. The van der Waals surface area contributed by atoms with Crippen LogP contribution in [-0.2, 0) is 4.79 Å². The molecule has 18 heavy (non-hydrogen) atoms. The van der Waals surface area contributed by atoms with Crippen molar-refractivity contribution < 1.29 is 19.1 Å². The molecule has 0 spiro atoms. The van der Waals surface area contributed by atoms with Gasteiger partial charge in [-0.2, -0.15) is 0 Å². The molecular formula is C12H18N2O4. The van der Waals surface area contributed by atoms with Gasteiger partial charge in [-0.1, -0.05) is 13.8 Å². The number of nitrogens with one attached hydrogen (secondary N) is 2. The predicted octanol–water partition coefficient (Wildman–Crippen LogP) is 0.142. The van der Waals surface area contributed by atoms with Crippen LogP contribution in [0.1, 0.15) is 24.4 Å². The summed E-state index contributed by atoms with van der Waals surface area (Å²) in [6.07, 6.45) is 1.39. The lowest BCUT2D eigenvalue weighted by atomic mass is 10.0. The largest absolute Gasteiger partial charge is 0.459 e. The van der Waals surface area contributed by atoms with Crippen LogP contribution in [0.3, 0.4) is 0 Å². The lowest BCUT2D eigenvalue weighted by Crippen LogP contribution is -2.50. The van der Waals surface area contributed by atoms with Gasteiger partial charge in [0.05, 0.1) is 12.9 Å². The smallest absolute Gasteiger partial charge is 0.287 e. The Hall–Kier alpha value is -1.82. The Kier molecular flexibility index (Phi) is 5.38. The zero-order valence-corrected chi connectivity index (χ0v) is 10.5. The Balaban J connectivity index is 2.63. The van der Waals surface area contributed by atoms with Gasteiger partial charge in [0.1, 0.15) is 6.04 Å². The summed E-state index contributed by atoms with van der Waals surface area (Å²) in [6.45, 7) is 3.68. The summed E-state index contributed by atoms with van der Waals surface area (Å²) in [6, 6.07) is 2.47. The highest BCUT2D eigenvalue weighted by molar-refractivity contribution is 5.95. The third kappa shape index (κ3) is 3.89. The number of aliphatic hydroxyl groups excluding tert-OH is 1. The standard InChI is InChI=1S/C12H18N2O4/c1-8(2)10(12(17)13-5-6-15)14-11(16)9-4-3-7-18-9/h3-4,7-8,10,15H,5-6H2,1-2H3,(H,13,17)(H,14,16). The van der Waals surface area contributed by atoms with Crippen molar-refractivity contribution in [3.63, 3.8) is 0 Å². The van der Waals surface area contributed by atoms with Crippen molar-refractivity contribution in [2.45, 2.75) is 19.9 Å². The maximum Gasteiger partial charge on any atom is 0.287 e. The summed E-state index contributed by atoms with van der Waals surface area (Å²) >= 11 is 0. The van der Waals surface area contributed by atoms with Crippen LogP contribution in [0.25, 0.3) is 0 Å². The number of hydrogen-bond acceptors (Lipinski definition) is 4. The number of furan rings is 1. The van der Waals surface area contributed by atoms with E-state index >= 15 is 0 Å². The number of rotatable bonds is 6. The van der Waals surface area contributed by atoms with Crippen LogP contribution in [-0.4, -0.2) is 36.1 Å². The van der Waals surface area contributed by atoms with Crippen molar-refractivity contribution in [1.82, 2.24) is 10.6 Å². The second-order valence-corrected chi connectivity index (χ2v) is 4.19. The highest BCUT2D eigenvalue weighted by Crippen LogP contribution is 2.05. The average molecular weight is 254 g/mol. The fourth-order valence-electron chi connectivity index (χ4n) is 1.44. The van der Waals surface area contributed by atoms with E-state index in [0.29, 0.717) is 0 Å². The molecule has 0 aliphatic heterocycles. The minimum absolute atomic E-state index is 0.0670. The molecule has 1 rings (SSSR count). The normalized spacial score (nSPS) is 12.2. The van der Waals surface area contributed by atoms with Crippen LogP contribution in [0.5, 0.6) is 0 Å². The lowest BCUT2D eigenvalue weighted by Gasteiger charge is -2.20. The van der Waals surface area contributed by atoms with Crippen LogP contribution >= 0.6 is 0 Å². The number of carbonyl (C=O) groups is 2. The van der Waals surface area contributed by atoms with Gasteiger partial charge in [0.25, 0.3) is 5.91 Å². The van der Waals surface area contributed by atoms with E-state index in [0.717, 1.165) is 0 Å². The van der Waals surface area contributed by atoms with Crippen molar-refractivity contribution in [3.8, 4) is 0 Å². The highest BCUT2D eigenvalue weighted by Gasteiger charge is 2.25. The molecule has 2 amide bonds. The van der Waals surface area contributed by atoms with E-state index in [1.165, 1.54) is 12.3 Å². The Morgan fingerprint density at radius 1 is 1.44 bits per heavy atom. The van der Waals surface area contributed by atoms with Crippen LogP contribution in [0.4, 0.5) is 0 Å². The van der Waals surface area contributed by atoms with Gasteiger partial charge in [-0.3, -0.25) is 9.59 Å². The number of hydrogen-bond donors (Lipinski definition) is 3. The van der Waals surface area contributed by atoms with Crippen LogP contribution in [0.15, 0.2) is 22.8 Å². The van der Waals surface area contributed by atoms with Crippen molar-refractivity contribution >= 4 is 11.8 Å². The predicted molar refractivity (Wildman–Crippen MR) is 64.9 cm³/mol. The van der Waals surface area contributed by atoms with Crippen LogP contribution in [0, 0.1) is 5.92 Å². The summed E-state index contributed by atoms with van der Waals surface area (Å²) in [5.41, 5.74) is 0. The van der Waals surface area contributed by atoms with E-state index in [-0.39, 0.29) is 30.7 Å². The van der Waals surface area contributed by atoms with Gasteiger partial charge in [-0.05, 0) is 18.1 Å². The molecule has 6 nitrogen and oxygen atoms in total. The molecule has 1 heterocycles. The molecule has 1 aromatic rings. The minimum Gasteiger partial charge on any atom is -0.459 e. The van der Waals surface area contributed by atoms with Gasteiger partial charge in [-0.25, -0.2) is 0 Å². The summed E-state index contributed by atoms with van der Waals surface area (Å²) < 4.78 is 4.95. The molecule has 6 heteroatoms. The van der Waals surface area contributed by atoms with Crippen LogP contribution < -0.4 is 10.6 Å². The number of aliphatic hydroxyl groups is 1. The average Bonchev–Trinajstić information content (AvgIpc) is 2.86. The van der Waals surface area contributed by atoms with Gasteiger partial charge in [0.2, 0.25) is 5.91 Å². The van der Waals surface area contributed by atoms with Crippen molar-refractivity contribution in [2.75, 3.05) is 13.2 Å². The molecule has 0 bridgehead atoms. The number of carbonyl (C=O) groups excluding carboxylic acids is 2. The van der Waals surface area contributed by atoms with E-state index in [4.69, 9.17) is 9.52 Å². The van der Waals surface area contributed by atoms with Gasteiger partial charge < -0.3 is 20.2 Å². The molecule has 1 unspecified atom stereocenters. The molecule has 0 saturated heterocycles. The van der Waals surface area contributed by atoms with Gasteiger partial charge in [-0.15, -0.1) is 0 Å². The molecule has 0 aromatic carbocycles. The summed E-state index contributed by atoms with van der Waals surface area (Å²) in [5, 5.41) is 13.8. The maximum atomic E-state index is 11.8. The first kappa shape index (κ1) is 14.2. The Morgan fingerprint density at radius 2 is 2.17 bits per heavy atom. The Labute approximate surface area is 105 Å². The lowest BCUT2D eigenvalue weighted by molar-refractivity contribution is -0.124. The van der Waals surface area contributed by atoms with E-state index in [1.54, 1.807) is 6.07 Å². The van der Waals surface area contributed by atoms with E-state index in [9.17, 15) is 9.59 Å². The molecule has 0 fully saturated rings. The van der Waals surface area contributed by atoms with Gasteiger partial charge in [0.15, 0.2) is 5.76 Å². The first-order valence-electron chi connectivity index (χ1n) is 5.79. The third-order valence-electron chi connectivity index (χ3n) is 2.39. The zero-order chi connectivity index (χ0) is 13.5. The van der Waals surface area contributed by atoms with E-state index in [1.807, 2.05) is 13.8 Å². The van der Waals surface area contributed by atoms with Crippen molar-refractivity contribution in [2.24, 2.45) is 5.92 Å². The quantitative estimate of drug-likeness (QED) is 0.673. The first-order chi connectivity index (χ1) is 8.56. The number of amides is 2. The SMILES string of the molecule is CC(C)C(NC(=O)c1ccco1)C(=O)NCCO. The Morgan fingerprint density at radius 3 is 2.67 bits per heavy atom. The molecule has 0 aliphatic carbocycles. The third-order valence-corrected chi connectivity index (χ3v) is 2.39. The van der Waals surface area contributed by atoms with Crippen LogP contribution in [0.2, 0.25) is 0 Å². The fourth-order valence-corrected chi connectivity index (χ4v) is 1.44. The maximum absolute atomic E-state index is 11.8. The molecule has 0 saturated carbocycles. The Bertz CT molecular complexity index is 387. The molecule has 1 atom stereocenters. The summed E-state index contributed by atoms with van der Waals surface area (Å²) in [7, 11) is 0. The molecular weight excluding hydrogens is 236 g/mol. The molecule has 100 valence electrons. The summed E-state index contributed by atoms with van der Waals surface area (Å²) in [5.74, 6) is -0.657.